The summed E-state index contributed by atoms with van der Waals surface area (Å²) < 4.78 is 33.0. The zero-order valence-electron chi connectivity index (χ0n) is 17.7. The summed E-state index contributed by atoms with van der Waals surface area (Å²) in [7, 11) is -2.28. The van der Waals surface area contributed by atoms with E-state index in [0.717, 1.165) is 12.8 Å². The van der Waals surface area contributed by atoms with E-state index in [2.05, 4.69) is 15.1 Å². The first-order chi connectivity index (χ1) is 15.3. The second kappa shape index (κ2) is 8.71. The summed E-state index contributed by atoms with van der Waals surface area (Å²) in [4.78, 5) is 25.2. The van der Waals surface area contributed by atoms with Crippen LogP contribution in [0.1, 0.15) is 26.2 Å². The largest absolute Gasteiger partial charge is 0.495 e. The maximum atomic E-state index is 13.0. The average Bonchev–Trinajstić information content (AvgIpc) is 3.45. The summed E-state index contributed by atoms with van der Waals surface area (Å²) in [6.07, 6.45) is 1.77. The number of nitrogens with zero attached hydrogens (tertiary/aromatic N) is 2. The highest BCUT2D eigenvalue weighted by Crippen LogP contribution is 2.30. The van der Waals surface area contributed by atoms with Crippen molar-refractivity contribution in [2.45, 2.75) is 43.2 Å². The van der Waals surface area contributed by atoms with Gasteiger partial charge in [-0.05, 0) is 50.1 Å². The van der Waals surface area contributed by atoms with E-state index < -0.39 is 22.0 Å². The number of anilines is 2. The van der Waals surface area contributed by atoms with E-state index in [1.54, 1.807) is 0 Å². The Labute approximate surface area is 186 Å². The summed E-state index contributed by atoms with van der Waals surface area (Å²) in [5.41, 5.74) is 1.07. The molecule has 10 heteroatoms. The van der Waals surface area contributed by atoms with Crippen LogP contribution in [0.3, 0.4) is 0 Å². The van der Waals surface area contributed by atoms with Crippen LogP contribution in [0.4, 0.5) is 11.4 Å². The van der Waals surface area contributed by atoms with E-state index in [-0.39, 0.29) is 34.5 Å². The molecule has 2 aromatic rings. The minimum absolute atomic E-state index is 0.0291. The predicted molar refractivity (Wildman–Crippen MR) is 120 cm³/mol. The van der Waals surface area contributed by atoms with Crippen molar-refractivity contribution in [2.24, 2.45) is 5.10 Å². The van der Waals surface area contributed by atoms with Gasteiger partial charge in [0.25, 0.3) is 5.91 Å². The van der Waals surface area contributed by atoms with E-state index in [4.69, 9.17) is 4.74 Å². The normalized spacial score (nSPS) is 18.2. The molecule has 0 aromatic heterocycles. The van der Waals surface area contributed by atoms with Crippen LogP contribution in [0.5, 0.6) is 5.75 Å². The van der Waals surface area contributed by atoms with Crippen molar-refractivity contribution in [2.75, 3.05) is 17.4 Å². The molecule has 0 saturated heterocycles. The van der Waals surface area contributed by atoms with E-state index in [0.29, 0.717) is 11.4 Å². The van der Waals surface area contributed by atoms with Crippen LogP contribution in [0, 0.1) is 0 Å². The van der Waals surface area contributed by atoms with Crippen LogP contribution in [-0.2, 0) is 19.6 Å². The number of sulfonamides is 1. The Kier molecular flexibility index (Phi) is 5.98. The molecular formula is C22H24N4O5S. The lowest BCUT2D eigenvalue weighted by atomic mass is 10.1. The number of rotatable bonds is 8. The van der Waals surface area contributed by atoms with Gasteiger partial charge < -0.3 is 10.1 Å². The van der Waals surface area contributed by atoms with Crippen LogP contribution in [-0.4, -0.2) is 45.0 Å². The molecule has 1 atom stereocenters. The molecule has 0 radical (unpaired) electrons. The number of carbonyl (C=O) groups excluding carboxylic acids is 2. The zero-order valence-corrected chi connectivity index (χ0v) is 18.6. The van der Waals surface area contributed by atoms with Gasteiger partial charge in [0.2, 0.25) is 10.0 Å². The summed E-state index contributed by atoms with van der Waals surface area (Å²) in [6.45, 7) is 1.46. The van der Waals surface area contributed by atoms with Crippen molar-refractivity contribution in [1.29, 1.82) is 0 Å². The number of ether oxygens (including phenoxy) is 1. The Morgan fingerprint density at radius 1 is 1.12 bits per heavy atom. The average molecular weight is 457 g/mol. The molecule has 168 valence electrons. The maximum Gasteiger partial charge on any atom is 0.272 e. The third-order valence-corrected chi connectivity index (χ3v) is 6.81. The Balaban J connectivity index is 1.59. The standard InChI is InChI=1S/C22H24N4O5S/c1-14(27)20-13-19(24-26(20)16-6-4-3-5-7-16)22(28)23-18-12-17(10-11-21(18)31-2)32(29,30)25-15-8-9-15/h3-7,10-12,15,20,25H,8-9,13H2,1-2H3,(H,23,28). The zero-order chi connectivity index (χ0) is 22.9. The monoisotopic (exact) mass is 456 g/mol. The van der Waals surface area contributed by atoms with Crippen molar-refractivity contribution in [3.8, 4) is 5.75 Å². The summed E-state index contributed by atoms with van der Waals surface area (Å²) in [5, 5.41) is 8.61. The van der Waals surface area contributed by atoms with Crippen LogP contribution in [0.2, 0.25) is 0 Å². The Morgan fingerprint density at radius 2 is 1.84 bits per heavy atom. The van der Waals surface area contributed by atoms with Crippen LogP contribution >= 0.6 is 0 Å². The van der Waals surface area contributed by atoms with Gasteiger partial charge in [-0.1, -0.05) is 18.2 Å². The lowest BCUT2D eigenvalue weighted by Gasteiger charge is -2.20. The van der Waals surface area contributed by atoms with Gasteiger partial charge >= 0.3 is 0 Å². The molecule has 1 fully saturated rings. The lowest BCUT2D eigenvalue weighted by Crippen LogP contribution is -2.33. The molecule has 0 spiro atoms. The molecule has 1 aliphatic heterocycles. The fourth-order valence-electron chi connectivity index (χ4n) is 3.42. The van der Waals surface area contributed by atoms with Crippen molar-refractivity contribution >= 4 is 38.8 Å². The first-order valence-corrected chi connectivity index (χ1v) is 11.7. The summed E-state index contributed by atoms with van der Waals surface area (Å²) in [5.74, 6) is -0.333. The van der Waals surface area contributed by atoms with Crippen LogP contribution in [0.25, 0.3) is 0 Å². The van der Waals surface area contributed by atoms with Gasteiger partial charge in [0.1, 0.15) is 17.5 Å². The second-order valence-electron chi connectivity index (χ2n) is 7.77. The number of hydrogen-bond donors (Lipinski definition) is 2. The van der Waals surface area contributed by atoms with Crippen LogP contribution in [0.15, 0.2) is 58.5 Å². The number of Topliss-reactive ketones (excluding diaryl/α,β-unsaturated/α-hetero) is 1. The quantitative estimate of drug-likeness (QED) is 0.630. The van der Waals surface area contributed by atoms with E-state index in [1.807, 2.05) is 30.3 Å². The number of amides is 1. The van der Waals surface area contributed by atoms with Crippen molar-refractivity contribution < 1.29 is 22.7 Å². The molecule has 1 aliphatic carbocycles. The third-order valence-electron chi connectivity index (χ3n) is 5.29. The Hall–Kier alpha value is -3.24. The van der Waals surface area contributed by atoms with Crippen molar-refractivity contribution in [1.82, 2.24) is 4.72 Å². The fraction of sp³-hybridized carbons (Fsp3) is 0.318. The molecule has 1 saturated carbocycles. The number of ketones is 1. The molecule has 1 unspecified atom stereocenters. The Bertz CT molecular complexity index is 1180. The number of hydrogen-bond acceptors (Lipinski definition) is 7. The molecule has 0 bridgehead atoms. The maximum absolute atomic E-state index is 13.0. The van der Waals surface area contributed by atoms with Gasteiger partial charge in [-0.2, -0.15) is 5.10 Å². The molecule has 9 nitrogen and oxygen atoms in total. The van der Waals surface area contributed by atoms with Gasteiger partial charge in [0.05, 0.1) is 23.4 Å². The molecule has 2 aromatic carbocycles. The highest BCUT2D eigenvalue weighted by molar-refractivity contribution is 7.89. The van der Waals surface area contributed by atoms with E-state index in [9.17, 15) is 18.0 Å². The minimum atomic E-state index is -3.70. The number of para-hydroxylation sites is 1. The minimum Gasteiger partial charge on any atom is -0.495 e. The molecule has 32 heavy (non-hydrogen) atoms. The molecule has 4 rings (SSSR count). The fourth-order valence-corrected chi connectivity index (χ4v) is 4.75. The number of hydrazone groups is 1. The molecule has 1 heterocycles. The third kappa shape index (κ3) is 4.66. The second-order valence-corrected chi connectivity index (χ2v) is 9.48. The molecule has 2 aliphatic rings. The topological polar surface area (TPSA) is 117 Å². The number of methoxy groups -OCH3 is 1. The van der Waals surface area contributed by atoms with Gasteiger partial charge in [-0.25, -0.2) is 13.1 Å². The van der Waals surface area contributed by atoms with Gasteiger partial charge in [-0.3, -0.25) is 14.6 Å². The molecular weight excluding hydrogens is 432 g/mol. The van der Waals surface area contributed by atoms with Gasteiger partial charge in [0, 0.05) is 12.5 Å². The highest BCUT2D eigenvalue weighted by atomic mass is 32.2. The Morgan fingerprint density at radius 3 is 2.47 bits per heavy atom. The van der Waals surface area contributed by atoms with Gasteiger partial charge in [0.15, 0.2) is 5.78 Å². The number of carbonyl (C=O) groups is 2. The molecule has 1 amide bonds. The van der Waals surface area contributed by atoms with E-state index >= 15 is 0 Å². The van der Waals surface area contributed by atoms with Gasteiger partial charge in [-0.15, -0.1) is 0 Å². The molecule has 2 N–H and O–H groups in total. The first kappa shape index (κ1) is 22.0. The smallest absolute Gasteiger partial charge is 0.272 e. The van der Waals surface area contributed by atoms with Crippen molar-refractivity contribution in [3.63, 3.8) is 0 Å². The van der Waals surface area contributed by atoms with E-state index in [1.165, 1.54) is 37.2 Å². The summed E-state index contributed by atoms with van der Waals surface area (Å²) in [6, 6.07) is 12.8. The first-order valence-electron chi connectivity index (χ1n) is 10.2. The number of nitrogens with one attached hydrogen (secondary N) is 2. The lowest BCUT2D eigenvalue weighted by molar-refractivity contribution is -0.118. The van der Waals surface area contributed by atoms with Crippen LogP contribution < -0.4 is 19.8 Å². The number of benzene rings is 2. The SMILES string of the molecule is COc1ccc(S(=O)(=O)NC2CC2)cc1NC(=O)C1=NN(c2ccccc2)C(C(C)=O)C1. The highest BCUT2D eigenvalue weighted by Gasteiger charge is 2.34. The summed E-state index contributed by atoms with van der Waals surface area (Å²) >= 11 is 0. The predicted octanol–water partition coefficient (Wildman–Crippen LogP) is 2.30. The van der Waals surface area contributed by atoms with Crippen molar-refractivity contribution in [3.05, 3.63) is 48.5 Å².